The van der Waals surface area contributed by atoms with Crippen molar-refractivity contribution in [2.45, 2.75) is 13.5 Å². The lowest BCUT2D eigenvalue weighted by molar-refractivity contribution is 0.718. The highest BCUT2D eigenvalue weighted by molar-refractivity contribution is 7.16. The minimum absolute atomic E-state index is 0.0888. The number of rotatable bonds is 3. The Kier molecular flexibility index (Phi) is 3.69. The lowest BCUT2D eigenvalue weighted by Gasteiger charge is -2.15. The van der Waals surface area contributed by atoms with Gasteiger partial charge in [-0.15, -0.1) is 11.3 Å². The van der Waals surface area contributed by atoms with Gasteiger partial charge < -0.3 is 10.3 Å². The zero-order valence-corrected chi connectivity index (χ0v) is 15.7. The number of benzene rings is 1. The van der Waals surface area contributed by atoms with E-state index in [4.69, 9.17) is 10.7 Å². The predicted molar refractivity (Wildman–Crippen MR) is 109 cm³/mol. The third-order valence-corrected chi connectivity index (χ3v) is 5.47. The van der Waals surface area contributed by atoms with Crippen molar-refractivity contribution >= 4 is 38.5 Å². The summed E-state index contributed by atoms with van der Waals surface area (Å²) >= 11 is 1.45. The van der Waals surface area contributed by atoms with Crippen LogP contribution in [-0.4, -0.2) is 29.1 Å². The van der Waals surface area contributed by atoms with Gasteiger partial charge in [0.25, 0.3) is 5.56 Å². The molecule has 0 atom stereocenters. The molecule has 1 aromatic carbocycles. The van der Waals surface area contributed by atoms with E-state index in [1.165, 1.54) is 17.7 Å². The van der Waals surface area contributed by atoms with Crippen LogP contribution >= 0.6 is 11.3 Å². The molecule has 4 aromatic heterocycles. The maximum absolute atomic E-state index is 13.3. The fourth-order valence-corrected chi connectivity index (χ4v) is 4.06. The molecule has 28 heavy (non-hydrogen) atoms. The van der Waals surface area contributed by atoms with Crippen molar-refractivity contribution in [2.75, 3.05) is 5.73 Å². The molecule has 0 aliphatic carbocycles. The fraction of sp³-hybridized carbons (Fsp3) is 0.105. The number of aryl methyl sites for hydroxylation is 1. The standard InChI is InChI=1S/C19H15N7OS/c1-11-4-2-3-5-13(11)26-14(24-18-12(19(26)27)6-7-28-18)8-25-10-23-15-16(20)21-9-22-17(15)25/h2-7,9-10H,8H2,1H3,(H2,20,21,22). The van der Waals surface area contributed by atoms with Crippen LogP contribution in [0.25, 0.3) is 27.1 Å². The molecule has 4 heterocycles. The zero-order valence-electron chi connectivity index (χ0n) is 14.9. The summed E-state index contributed by atoms with van der Waals surface area (Å²) in [5.74, 6) is 0.924. The summed E-state index contributed by atoms with van der Waals surface area (Å²) in [6.45, 7) is 2.30. The quantitative estimate of drug-likeness (QED) is 0.508. The minimum Gasteiger partial charge on any atom is -0.382 e. The van der Waals surface area contributed by atoms with Crippen LogP contribution in [0, 0.1) is 6.92 Å². The van der Waals surface area contributed by atoms with Gasteiger partial charge in [-0.3, -0.25) is 9.36 Å². The van der Waals surface area contributed by atoms with Crippen LogP contribution in [-0.2, 0) is 6.54 Å². The molecule has 0 unspecified atom stereocenters. The summed E-state index contributed by atoms with van der Waals surface area (Å²) in [5, 5.41) is 2.49. The SMILES string of the molecule is Cc1ccccc1-n1c(Cn2cnc3c(N)ncnc32)nc2sccc2c1=O. The van der Waals surface area contributed by atoms with Crippen molar-refractivity contribution in [1.82, 2.24) is 29.1 Å². The molecule has 5 aromatic rings. The summed E-state index contributed by atoms with van der Waals surface area (Å²) in [6.07, 6.45) is 3.04. The second-order valence-corrected chi connectivity index (χ2v) is 7.29. The van der Waals surface area contributed by atoms with Gasteiger partial charge in [0.05, 0.1) is 23.9 Å². The molecule has 9 heteroatoms. The number of anilines is 1. The monoisotopic (exact) mass is 389 g/mol. The molecule has 0 spiro atoms. The fourth-order valence-electron chi connectivity index (χ4n) is 3.29. The molecule has 138 valence electrons. The number of nitrogens with two attached hydrogens (primary N) is 1. The molecule has 0 amide bonds. The lowest BCUT2D eigenvalue weighted by atomic mass is 10.2. The van der Waals surface area contributed by atoms with Crippen molar-refractivity contribution in [1.29, 1.82) is 0 Å². The van der Waals surface area contributed by atoms with Crippen molar-refractivity contribution in [3.8, 4) is 5.69 Å². The Morgan fingerprint density at radius 2 is 2.00 bits per heavy atom. The molecule has 0 aliphatic rings. The molecular weight excluding hydrogens is 374 g/mol. The molecule has 0 aliphatic heterocycles. The molecule has 0 bridgehead atoms. The van der Waals surface area contributed by atoms with Crippen molar-refractivity contribution in [3.05, 3.63) is 70.1 Å². The van der Waals surface area contributed by atoms with Crippen LogP contribution in [0.5, 0.6) is 0 Å². The highest BCUT2D eigenvalue weighted by atomic mass is 32.1. The highest BCUT2D eigenvalue weighted by Crippen LogP contribution is 2.21. The Balaban J connectivity index is 1.76. The van der Waals surface area contributed by atoms with E-state index in [-0.39, 0.29) is 5.56 Å². The van der Waals surface area contributed by atoms with E-state index in [1.54, 1.807) is 10.9 Å². The highest BCUT2D eigenvalue weighted by Gasteiger charge is 2.17. The first kappa shape index (κ1) is 16.6. The summed E-state index contributed by atoms with van der Waals surface area (Å²) in [6, 6.07) is 9.57. The number of hydrogen-bond acceptors (Lipinski definition) is 7. The van der Waals surface area contributed by atoms with Crippen molar-refractivity contribution in [3.63, 3.8) is 0 Å². The first-order chi connectivity index (χ1) is 13.6. The molecule has 2 N–H and O–H groups in total. The van der Waals surface area contributed by atoms with Gasteiger partial charge in [0.2, 0.25) is 0 Å². The maximum atomic E-state index is 13.3. The van der Waals surface area contributed by atoms with E-state index in [9.17, 15) is 4.79 Å². The second kappa shape index (κ2) is 6.24. The van der Waals surface area contributed by atoms with E-state index < -0.39 is 0 Å². The minimum atomic E-state index is -0.0888. The van der Waals surface area contributed by atoms with Gasteiger partial charge in [-0.2, -0.15) is 0 Å². The second-order valence-electron chi connectivity index (χ2n) is 6.40. The van der Waals surface area contributed by atoms with Crippen LogP contribution in [0.2, 0.25) is 0 Å². The molecule has 0 saturated heterocycles. The molecule has 8 nitrogen and oxygen atoms in total. The van der Waals surface area contributed by atoms with E-state index in [1.807, 2.05) is 47.2 Å². The summed E-state index contributed by atoms with van der Waals surface area (Å²) < 4.78 is 3.49. The van der Waals surface area contributed by atoms with Crippen LogP contribution in [0.3, 0.4) is 0 Å². The number of para-hydroxylation sites is 1. The van der Waals surface area contributed by atoms with Gasteiger partial charge in [0.15, 0.2) is 11.5 Å². The average molecular weight is 389 g/mol. The summed E-state index contributed by atoms with van der Waals surface area (Å²) in [7, 11) is 0. The first-order valence-electron chi connectivity index (χ1n) is 8.60. The van der Waals surface area contributed by atoms with Crippen molar-refractivity contribution < 1.29 is 0 Å². The number of imidazole rings is 1. The van der Waals surface area contributed by atoms with Crippen molar-refractivity contribution in [2.24, 2.45) is 0 Å². The predicted octanol–water partition coefficient (Wildman–Crippen LogP) is 2.53. The topological polar surface area (TPSA) is 105 Å². The van der Waals surface area contributed by atoms with E-state index >= 15 is 0 Å². The van der Waals surface area contributed by atoms with Gasteiger partial charge in [0, 0.05) is 0 Å². The number of aromatic nitrogens is 6. The largest absolute Gasteiger partial charge is 0.382 e. The molecular formula is C19H15N7OS. The van der Waals surface area contributed by atoms with Gasteiger partial charge in [-0.25, -0.2) is 19.9 Å². The normalized spacial score (nSPS) is 11.5. The average Bonchev–Trinajstić information content (AvgIpc) is 3.32. The number of nitrogens with zero attached hydrogens (tertiary/aromatic N) is 6. The van der Waals surface area contributed by atoms with Gasteiger partial charge in [-0.05, 0) is 30.0 Å². The Labute approximate surface area is 163 Å². The van der Waals surface area contributed by atoms with E-state index in [2.05, 4.69) is 15.0 Å². The van der Waals surface area contributed by atoms with Crippen LogP contribution in [0.4, 0.5) is 5.82 Å². The zero-order chi connectivity index (χ0) is 19.3. The van der Waals surface area contributed by atoms with E-state index in [0.717, 1.165) is 11.3 Å². The molecule has 0 fully saturated rings. The van der Waals surface area contributed by atoms with Gasteiger partial charge >= 0.3 is 0 Å². The molecule has 5 rings (SSSR count). The lowest BCUT2D eigenvalue weighted by Crippen LogP contribution is -2.25. The number of fused-ring (bicyclic) bond motifs is 2. The van der Waals surface area contributed by atoms with Crippen LogP contribution in [0.15, 0.2) is 53.2 Å². The summed E-state index contributed by atoms with van der Waals surface area (Å²) in [4.78, 5) is 31.3. The van der Waals surface area contributed by atoms with E-state index in [0.29, 0.717) is 39.6 Å². The molecule has 0 radical (unpaired) electrons. The number of hydrogen-bond donors (Lipinski definition) is 1. The third-order valence-electron chi connectivity index (χ3n) is 4.66. The smallest absolute Gasteiger partial charge is 0.266 e. The number of nitrogen functional groups attached to an aromatic ring is 1. The first-order valence-corrected chi connectivity index (χ1v) is 9.48. The molecule has 0 saturated carbocycles. The van der Waals surface area contributed by atoms with Crippen LogP contribution in [0.1, 0.15) is 11.4 Å². The Hall–Kier alpha value is -3.59. The summed E-state index contributed by atoms with van der Waals surface area (Å²) in [5.41, 5.74) is 8.73. The third kappa shape index (κ3) is 2.48. The Morgan fingerprint density at radius 3 is 2.86 bits per heavy atom. The van der Waals surface area contributed by atoms with Crippen LogP contribution < -0.4 is 11.3 Å². The Bertz CT molecular complexity index is 1400. The maximum Gasteiger partial charge on any atom is 0.266 e. The number of thiophene rings is 1. The Morgan fingerprint density at radius 1 is 1.14 bits per heavy atom. The van der Waals surface area contributed by atoms with Gasteiger partial charge in [0.1, 0.15) is 22.5 Å². The van der Waals surface area contributed by atoms with Gasteiger partial charge in [-0.1, -0.05) is 18.2 Å².